The minimum atomic E-state index is -0.212. The van der Waals surface area contributed by atoms with Gasteiger partial charge in [-0.1, -0.05) is 45.9 Å². The Balaban J connectivity index is 1.76. The molecule has 0 aliphatic carbocycles. The highest BCUT2D eigenvalue weighted by atomic mass is 16.2. The molecule has 2 aromatic rings. The first-order valence-electron chi connectivity index (χ1n) is 9.33. The predicted octanol–water partition coefficient (Wildman–Crippen LogP) is 3.68. The van der Waals surface area contributed by atoms with Gasteiger partial charge in [0, 0.05) is 23.5 Å². The lowest BCUT2D eigenvalue weighted by Crippen LogP contribution is -2.32. The van der Waals surface area contributed by atoms with Crippen molar-refractivity contribution in [2.75, 3.05) is 11.1 Å². The average Bonchev–Trinajstić information content (AvgIpc) is 2.63. The minimum Gasteiger partial charge on any atom is -0.397 e. The van der Waals surface area contributed by atoms with E-state index in [0.717, 1.165) is 11.3 Å². The van der Waals surface area contributed by atoms with Gasteiger partial charge >= 0.3 is 0 Å². The Morgan fingerprint density at radius 2 is 1.86 bits per heavy atom. The third-order valence-electron chi connectivity index (χ3n) is 4.87. The number of hydrogen-bond donors (Lipinski definition) is 3. The zero-order valence-corrected chi connectivity index (χ0v) is 16.7. The number of nitrogen functional groups attached to an aromatic ring is 1. The summed E-state index contributed by atoms with van der Waals surface area (Å²) in [6.07, 6.45) is 0.391. The highest BCUT2D eigenvalue weighted by molar-refractivity contribution is 6.08. The van der Waals surface area contributed by atoms with Crippen molar-refractivity contribution in [2.45, 2.75) is 39.5 Å². The van der Waals surface area contributed by atoms with Crippen LogP contribution in [-0.2, 0) is 10.2 Å². The van der Waals surface area contributed by atoms with Crippen molar-refractivity contribution in [1.29, 1.82) is 0 Å². The third kappa shape index (κ3) is 4.22. The van der Waals surface area contributed by atoms with Crippen molar-refractivity contribution in [3.8, 4) is 0 Å². The Morgan fingerprint density at radius 1 is 1.18 bits per heavy atom. The zero-order valence-electron chi connectivity index (χ0n) is 16.7. The number of nitrogens with one attached hydrogen (secondary N) is 2. The molecule has 1 unspecified atom stereocenters. The number of amides is 2. The first-order valence-corrected chi connectivity index (χ1v) is 9.33. The fourth-order valence-electron chi connectivity index (χ4n) is 3.15. The lowest BCUT2D eigenvalue weighted by atomic mass is 9.86. The molecular weight excluding hydrogens is 352 g/mol. The smallest absolute Gasteiger partial charge is 0.255 e. The van der Waals surface area contributed by atoms with Gasteiger partial charge in [0.2, 0.25) is 5.91 Å². The zero-order chi connectivity index (χ0) is 20.5. The standard InChI is InChI=1S/C22H26N4O2/c1-13-11-19(27)25-26-20(13)15-7-10-18(17(23)12-15)24-21(28)14-5-8-16(9-6-14)22(2,3)4/h5-10,12-13H,11,23H2,1-4H3,(H,24,28)(H,25,27). The van der Waals surface area contributed by atoms with Gasteiger partial charge in [-0.15, -0.1) is 0 Å². The van der Waals surface area contributed by atoms with E-state index in [2.05, 4.69) is 36.6 Å². The number of rotatable bonds is 3. The van der Waals surface area contributed by atoms with Gasteiger partial charge in [-0.3, -0.25) is 9.59 Å². The van der Waals surface area contributed by atoms with E-state index in [-0.39, 0.29) is 23.1 Å². The van der Waals surface area contributed by atoms with Crippen LogP contribution in [0.3, 0.4) is 0 Å². The van der Waals surface area contributed by atoms with Crippen molar-refractivity contribution in [1.82, 2.24) is 5.43 Å². The number of hydrazone groups is 1. The van der Waals surface area contributed by atoms with E-state index in [4.69, 9.17) is 5.73 Å². The van der Waals surface area contributed by atoms with E-state index in [1.165, 1.54) is 5.56 Å². The summed E-state index contributed by atoms with van der Waals surface area (Å²) >= 11 is 0. The lowest BCUT2D eigenvalue weighted by Gasteiger charge is -2.20. The van der Waals surface area contributed by atoms with Crippen LogP contribution in [0, 0.1) is 5.92 Å². The number of carbonyl (C=O) groups excluding carboxylic acids is 2. The molecule has 28 heavy (non-hydrogen) atoms. The van der Waals surface area contributed by atoms with E-state index >= 15 is 0 Å². The molecule has 0 saturated heterocycles. The first kappa shape index (κ1) is 19.6. The quantitative estimate of drug-likeness (QED) is 0.711. The van der Waals surface area contributed by atoms with Gasteiger partial charge in [0.15, 0.2) is 0 Å². The van der Waals surface area contributed by atoms with Gasteiger partial charge in [0.25, 0.3) is 5.91 Å². The molecule has 1 aliphatic heterocycles. The average molecular weight is 378 g/mol. The summed E-state index contributed by atoms with van der Waals surface area (Å²) < 4.78 is 0. The van der Waals surface area contributed by atoms with E-state index in [1.54, 1.807) is 12.1 Å². The van der Waals surface area contributed by atoms with Gasteiger partial charge in [-0.2, -0.15) is 5.10 Å². The van der Waals surface area contributed by atoms with Crippen molar-refractivity contribution >= 4 is 28.9 Å². The molecular formula is C22H26N4O2. The second kappa shape index (κ2) is 7.46. The molecule has 2 amide bonds. The Morgan fingerprint density at radius 3 is 2.43 bits per heavy atom. The molecule has 3 rings (SSSR count). The van der Waals surface area contributed by atoms with Crippen LogP contribution in [0.25, 0.3) is 0 Å². The SMILES string of the molecule is CC1CC(=O)NN=C1c1ccc(NC(=O)c2ccc(C(C)(C)C)cc2)c(N)c1. The van der Waals surface area contributed by atoms with Gasteiger partial charge in [-0.05, 0) is 35.2 Å². The summed E-state index contributed by atoms with van der Waals surface area (Å²) in [7, 11) is 0. The molecule has 146 valence electrons. The Hall–Kier alpha value is -3.15. The van der Waals surface area contributed by atoms with Gasteiger partial charge in [-0.25, -0.2) is 5.43 Å². The van der Waals surface area contributed by atoms with Crippen LogP contribution in [0.4, 0.5) is 11.4 Å². The summed E-state index contributed by atoms with van der Waals surface area (Å²) in [5.41, 5.74) is 13.0. The molecule has 0 radical (unpaired) electrons. The van der Waals surface area contributed by atoms with Gasteiger partial charge in [0.05, 0.1) is 17.1 Å². The van der Waals surface area contributed by atoms with E-state index in [1.807, 2.05) is 37.3 Å². The molecule has 0 spiro atoms. The molecule has 2 aromatic carbocycles. The fourth-order valence-corrected chi connectivity index (χ4v) is 3.15. The van der Waals surface area contributed by atoms with E-state index in [9.17, 15) is 9.59 Å². The highest BCUT2D eigenvalue weighted by Gasteiger charge is 2.22. The topological polar surface area (TPSA) is 96.6 Å². The summed E-state index contributed by atoms with van der Waals surface area (Å²) in [5.74, 6) is -0.295. The van der Waals surface area contributed by atoms with Crippen LogP contribution in [-0.4, -0.2) is 17.5 Å². The molecule has 4 N–H and O–H groups in total. The summed E-state index contributed by atoms with van der Waals surface area (Å²) in [6.45, 7) is 8.35. The predicted molar refractivity (Wildman–Crippen MR) is 112 cm³/mol. The Bertz CT molecular complexity index is 940. The molecule has 0 saturated carbocycles. The van der Waals surface area contributed by atoms with Gasteiger partial charge < -0.3 is 11.1 Å². The molecule has 0 bridgehead atoms. The van der Waals surface area contributed by atoms with Crippen LogP contribution >= 0.6 is 0 Å². The Labute approximate surface area is 165 Å². The summed E-state index contributed by atoms with van der Waals surface area (Å²) in [4.78, 5) is 24.0. The molecule has 0 aromatic heterocycles. The number of benzene rings is 2. The minimum absolute atomic E-state index is 0.00919. The largest absolute Gasteiger partial charge is 0.397 e. The van der Waals surface area contributed by atoms with Crippen LogP contribution in [0.1, 0.15) is 55.6 Å². The lowest BCUT2D eigenvalue weighted by molar-refractivity contribution is -0.121. The molecule has 1 aliphatic rings. The summed E-state index contributed by atoms with van der Waals surface area (Å²) in [6, 6.07) is 13.0. The van der Waals surface area contributed by atoms with E-state index in [0.29, 0.717) is 23.4 Å². The van der Waals surface area contributed by atoms with Crippen LogP contribution in [0.5, 0.6) is 0 Å². The van der Waals surface area contributed by atoms with Crippen LogP contribution in [0.2, 0.25) is 0 Å². The number of carbonyl (C=O) groups is 2. The second-order valence-corrected chi connectivity index (χ2v) is 8.22. The number of nitrogens with two attached hydrogens (primary N) is 1. The highest BCUT2D eigenvalue weighted by Crippen LogP contribution is 2.25. The molecule has 0 fully saturated rings. The Kier molecular flexibility index (Phi) is 5.23. The van der Waals surface area contributed by atoms with Crippen LogP contribution in [0.15, 0.2) is 47.6 Å². The first-order chi connectivity index (χ1) is 13.1. The normalized spacial score (nSPS) is 16.9. The summed E-state index contributed by atoms with van der Waals surface area (Å²) in [5, 5.41) is 7.00. The van der Waals surface area contributed by atoms with Gasteiger partial charge in [0.1, 0.15) is 0 Å². The van der Waals surface area contributed by atoms with Crippen molar-refractivity contribution in [2.24, 2.45) is 11.0 Å². The maximum atomic E-state index is 12.6. The molecule has 6 nitrogen and oxygen atoms in total. The van der Waals surface area contributed by atoms with Crippen molar-refractivity contribution in [3.05, 3.63) is 59.2 Å². The number of anilines is 2. The second-order valence-electron chi connectivity index (χ2n) is 8.22. The third-order valence-corrected chi connectivity index (χ3v) is 4.87. The van der Waals surface area contributed by atoms with E-state index < -0.39 is 0 Å². The van der Waals surface area contributed by atoms with Crippen molar-refractivity contribution in [3.63, 3.8) is 0 Å². The molecule has 6 heteroatoms. The number of hydrogen-bond acceptors (Lipinski definition) is 4. The molecule has 1 heterocycles. The maximum absolute atomic E-state index is 12.6. The van der Waals surface area contributed by atoms with Crippen LogP contribution < -0.4 is 16.5 Å². The molecule has 1 atom stereocenters. The van der Waals surface area contributed by atoms with Crippen molar-refractivity contribution < 1.29 is 9.59 Å². The fraction of sp³-hybridized carbons (Fsp3) is 0.318. The monoisotopic (exact) mass is 378 g/mol. The number of nitrogens with zero attached hydrogens (tertiary/aromatic N) is 1. The maximum Gasteiger partial charge on any atom is 0.255 e.